The fourth-order valence-corrected chi connectivity index (χ4v) is 2.98. The minimum absolute atomic E-state index is 0.0553. The number of alkyl halides is 3. The van der Waals surface area contributed by atoms with Gasteiger partial charge in [-0.05, 0) is 47.0 Å². The lowest BCUT2D eigenvalue weighted by Crippen LogP contribution is -2.22. The van der Waals surface area contributed by atoms with Crippen molar-refractivity contribution < 1.29 is 27.4 Å². The molecule has 3 rings (SSSR count). The molecule has 0 unspecified atom stereocenters. The predicted molar refractivity (Wildman–Crippen MR) is 105 cm³/mol. The van der Waals surface area contributed by atoms with E-state index in [0.717, 1.165) is 22.4 Å². The van der Waals surface area contributed by atoms with Crippen molar-refractivity contribution >= 4 is 28.3 Å². The summed E-state index contributed by atoms with van der Waals surface area (Å²) in [5, 5.41) is 4.35. The van der Waals surface area contributed by atoms with Crippen molar-refractivity contribution in [2.75, 3.05) is 6.54 Å². The molecule has 0 aliphatic heterocycles. The van der Waals surface area contributed by atoms with Gasteiger partial charge in [0.05, 0.1) is 0 Å². The summed E-state index contributed by atoms with van der Waals surface area (Å²) in [6.45, 7) is 2.02. The quantitative estimate of drug-likeness (QED) is 0.540. The zero-order chi connectivity index (χ0) is 21.0. The molecule has 4 nitrogen and oxygen atoms in total. The highest BCUT2D eigenvalue weighted by Gasteiger charge is 2.32. The van der Waals surface area contributed by atoms with Crippen LogP contribution in [-0.2, 0) is 11.2 Å². The molecule has 0 aliphatic carbocycles. The Balaban J connectivity index is 1.77. The summed E-state index contributed by atoms with van der Waals surface area (Å²) in [7, 11) is 0. The molecule has 3 aromatic carbocycles. The van der Waals surface area contributed by atoms with Crippen LogP contribution in [0.25, 0.3) is 10.8 Å². The van der Waals surface area contributed by atoms with Crippen LogP contribution in [0.2, 0.25) is 5.02 Å². The van der Waals surface area contributed by atoms with Crippen LogP contribution in [0.4, 0.5) is 13.2 Å². The van der Waals surface area contributed by atoms with Crippen molar-refractivity contribution in [3.05, 3.63) is 65.2 Å². The van der Waals surface area contributed by atoms with Crippen LogP contribution in [-0.4, -0.2) is 18.8 Å². The van der Waals surface area contributed by atoms with E-state index in [9.17, 15) is 18.0 Å². The maximum Gasteiger partial charge on any atom is 0.573 e. The molecule has 1 amide bonds. The number of halogens is 4. The molecule has 29 heavy (non-hydrogen) atoms. The molecule has 0 bridgehead atoms. The van der Waals surface area contributed by atoms with Gasteiger partial charge in [0, 0.05) is 13.5 Å². The van der Waals surface area contributed by atoms with E-state index in [1.807, 2.05) is 24.3 Å². The smallest absolute Gasteiger partial charge is 0.456 e. The van der Waals surface area contributed by atoms with Crippen molar-refractivity contribution in [1.29, 1.82) is 0 Å². The summed E-state index contributed by atoms with van der Waals surface area (Å²) in [4.78, 5) is 10.9. The molecule has 3 aromatic rings. The average molecular weight is 424 g/mol. The van der Waals surface area contributed by atoms with E-state index in [1.165, 1.54) is 19.1 Å². The number of benzene rings is 3. The summed E-state index contributed by atoms with van der Waals surface area (Å²) in [6, 6.07) is 15.1. The minimum Gasteiger partial charge on any atom is -0.456 e. The van der Waals surface area contributed by atoms with Crippen LogP contribution in [0.1, 0.15) is 12.5 Å². The first-order valence-electron chi connectivity index (χ1n) is 8.70. The number of carbonyl (C=O) groups is 1. The van der Waals surface area contributed by atoms with E-state index in [0.29, 0.717) is 18.7 Å². The van der Waals surface area contributed by atoms with Crippen molar-refractivity contribution in [3.63, 3.8) is 0 Å². The zero-order valence-electron chi connectivity index (χ0n) is 15.3. The van der Waals surface area contributed by atoms with E-state index >= 15 is 0 Å². The van der Waals surface area contributed by atoms with E-state index in [2.05, 4.69) is 10.1 Å². The zero-order valence-corrected chi connectivity index (χ0v) is 16.1. The number of rotatable bonds is 6. The number of fused-ring (bicyclic) bond motifs is 1. The molecule has 0 spiro atoms. The van der Waals surface area contributed by atoms with Gasteiger partial charge >= 0.3 is 6.36 Å². The van der Waals surface area contributed by atoms with Gasteiger partial charge in [-0.1, -0.05) is 41.9 Å². The van der Waals surface area contributed by atoms with Gasteiger partial charge in [0.1, 0.15) is 16.5 Å². The lowest BCUT2D eigenvalue weighted by atomic mass is 10.0. The van der Waals surface area contributed by atoms with Gasteiger partial charge < -0.3 is 14.8 Å². The lowest BCUT2D eigenvalue weighted by Gasteiger charge is -2.14. The molecular weight excluding hydrogens is 407 g/mol. The fourth-order valence-electron chi connectivity index (χ4n) is 2.78. The van der Waals surface area contributed by atoms with E-state index in [4.69, 9.17) is 16.3 Å². The molecule has 0 aliphatic rings. The van der Waals surface area contributed by atoms with Crippen molar-refractivity contribution in [1.82, 2.24) is 5.32 Å². The van der Waals surface area contributed by atoms with Gasteiger partial charge in [-0.3, -0.25) is 4.79 Å². The number of hydrogen-bond acceptors (Lipinski definition) is 3. The monoisotopic (exact) mass is 423 g/mol. The van der Waals surface area contributed by atoms with Gasteiger partial charge in [0.2, 0.25) is 5.91 Å². The summed E-state index contributed by atoms with van der Waals surface area (Å²) in [5.74, 6) is -0.119. The Morgan fingerprint density at radius 1 is 1.03 bits per heavy atom. The highest BCUT2D eigenvalue weighted by atomic mass is 35.5. The third-order valence-corrected chi connectivity index (χ3v) is 4.42. The second-order valence-electron chi connectivity index (χ2n) is 6.29. The first-order valence-corrected chi connectivity index (χ1v) is 9.08. The van der Waals surface area contributed by atoms with Gasteiger partial charge in [0.15, 0.2) is 5.75 Å². The lowest BCUT2D eigenvalue weighted by molar-refractivity contribution is -0.274. The molecule has 0 aromatic heterocycles. The predicted octanol–water partition coefficient (Wildman–Crippen LogP) is 5.86. The van der Waals surface area contributed by atoms with Crippen molar-refractivity contribution in [2.24, 2.45) is 0 Å². The minimum atomic E-state index is -4.84. The first-order chi connectivity index (χ1) is 13.7. The summed E-state index contributed by atoms with van der Waals surface area (Å²) >= 11 is 5.99. The van der Waals surface area contributed by atoms with Gasteiger partial charge in [-0.25, -0.2) is 0 Å². The Labute approximate surface area is 170 Å². The molecule has 1 N–H and O–H groups in total. The summed E-state index contributed by atoms with van der Waals surface area (Å²) in [5.41, 5.74) is 1.07. The van der Waals surface area contributed by atoms with Crippen molar-refractivity contribution in [2.45, 2.75) is 19.7 Å². The third kappa shape index (κ3) is 5.77. The molecule has 0 saturated heterocycles. The highest BCUT2D eigenvalue weighted by Crippen LogP contribution is 2.39. The highest BCUT2D eigenvalue weighted by molar-refractivity contribution is 6.33. The second kappa shape index (κ2) is 8.61. The van der Waals surface area contributed by atoms with Crippen LogP contribution in [0.3, 0.4) is 0 Å². The van der Waals surface area contributed by atoms with Crippen LogP contribution in [0.15, 0.2) is 54.6 Å². The molecule has 0 fully saturated rings. The average Bonchev–Trinajstić information content (AvgIpc) is 2.64. The standard InChI is InChI=1S/C21H17ClF3NO3/c1-13(27)26-10-9-14-5-6-16-12-17(8-7-15(16)11-14)28-18-3-2-4-19(20(18)22)29-21(23,24)25/h2-8,11-12H,9-10H2,1H3,(H,26,27). The first kappa shape index (κ1) is 20.8. The van der Waals surface area contributed by atoms with Crippen LogP contribution < -0.4 is 14.8 Å². The molecule has 0 heterocycles. The van der Waals surface area contributed by atoms with E-state index < -0.39 is 12.1 Å². The number of hydrogen-bond donors (Lipinski definition) is 1. The van der Waals surface area contributed by atoms with Gasteiger partial charge in [0.25, 0.3) is 0 Å². The van der Waals surface area contributed by atoms with Gasteiger partial charge in [-0.2, -0.15) is 0 Å². The molecule has 0 saturated carbocycles. The molecule has 0 radical (unpaired) electrons. The Morgan fingerprint density at radius 2 is 1.72 bits per heavy atom. The Kier molecular flexibility index (Phi) is 6.17. The normalized spacial score (nSPS) is 11.3. The SMILES string of the molecule is CC(=O)NCCc1ccc2cc(Oc3cccc(OC(F)(F)F)c3Cl)ccc2c1. The number of amides is 1. The van der Waals surface area contributed by atoms with E-state index in [-0.39, 0.29) is 16.7 Å². The molecule has 152 valence electrons. The second-order valence-corrected chi connectivity index (χ2v) is 6.67. The van der Waals surface area contributed by atoms with Crippen LogP contribution >= 0.6 is 11.6 Å². The molecule has 8 heteroatoms. The number of ether oxygens (including phenoxy) is 2. The number of nitrogens with one attached hydrogen (secondary N) is 1. The Hall–Kier alpha value is -2.93. The van der Waals surface area contributed by atoms with Crippen LogP contribution in [0.5, 0.6) is 17.2 Å². The summed E-state index contributed by atoms with van der Waals surface area (Å²) < 4.78 is 47.0. The largest absolute Gasteiger partial charge is 0.573 e. The summed E-state index contributed by atoms with van der Waals surface area (Å²) in [6.07, 6.45) is -4.14. The third-order valence-electron chi connectivity index (χ3n) is 4.05. The Bertz CT molecular complexity index is 1040. The van der Waals surface area contributed by atoms with Crippen LogP contribution in [0, 0.1) is 0 Å². The fraction of sp³-hybridized carbons (Fsp3) is 0.190. The Morgan fingerprint density at radius 3 is 2.45 bits per heavy atom. The molecule has 0 atom stereocenters. The maximum absolute atomic E-state index is 12.5. The van der Waals surface area contributed by atoms with E-state index in [1.54, 1.807) is 12.1 Å². The topological polar surface area (TPSA) is 47.6 Å². The van der Waals surface area contributed by atoms with Gasteiger partial charge in [-0.15, -0.1) is 13.2 Å². The maximum atomic E-state index is 12.5. The number of carbonyl (C=O) groups excluding carboxylic acids is 1. The molecular formula is C21H17ClF3NO3. The van der Waals surface area contributed by atoms with Crippen molar-refractivity contribution in [3.8, 4) is 17.2 Å².